The van der Waals surface area contributed by atoms with Crippen LogP contribution in [0.1, 0.15) is 38.5 Å². The van der Waals surface area contributed by atoms with Crippen LogP contribution in [0.2, 0.25) is 0 Å². The second kappa shape index (κ2) is 10.6. The molecule has 2 N–H and O–H groups in total. The van der Waals surface area contributed by atoms with Crippen LogP contribution in [0, 0.1) is 5.92 Å². The molecule has 2 heterocycles. The Morgan fingerprint density at radius 2 is 1.71 bits per heavy atom. The van der Waals surface area contributed by atoms with Crippen molar-refractivity contribution in [3.63, 3.8) is 0 Å². The van der Waals surface area contributed by atoms with Gasteiger partial charge in [0.25, 0.3) is 0 Å². The number of hydrogen-bond acceptors (Lipinski definition) is 4. The summed E-state index contributed by atoms with van der Waals surface area (Å²) in [6, 6.07) is 0. The van der Waals surface area contributed by atoms with Crippen LogP contribution < -0.4 is 10.6 Å². The number of guanidine groups is 1. The first-order valence-corrected chi connectivity index (χ1v) is 9.85. The van der Waals surface area contributed by atoms with Gasteiger partial charge in [0.1, 0.15) is 0 Å². The van der Waals surface area contributed by atoms with Crippen molar-refractivity contribution in [1.29, 1.82) is 0 Å². The molecule has 0 aromatic carbocycles. The number of likely N-dealkylation sites (tertiary alicyclic amines) is 2. The Morgan fingerprint density at radius 3 is 2.29 bits per heavy atom. The standard InChI is InChI=1S/C18H30F3N5O2/c1-22-17(24-9-12-26-15(27)3-2-4-16(26)28)23-8-5-14-6-10-25(11-7-14)13-18(19,20)21/h14H,2-13H2,1H3,(H2,22,23,24). The number of aliphatic imine (C=N–C) groups is 1. The van der Waals surface area contributed by atoms with Gasteiger partial charge in [-0.25, -0.2) is 0 Å². The second-order valence-corrected chi connectivity index (χ2v) is 7.34. The highest BCUT2D eigenvalue weighted by Gasteiger charge is 2.32. The van der Waals surface area contributed by atoms with Crippen LogP contribution in [0.3, 0.4) is 0 Å². The molecule has 0 unspecified atom stereocenters. The maximum absolute atomic E-state index is 12.4. The Balaban J connectivity index is 1.60. The van der Waals surface area contributed by atoms with Crippen molar-refractivity contribution < 1.29 is 22.8 Å². The zero-order valence-electron chi connectivity index (χ0n) is 16.4. The monoisotopic (exact) mass is 405 g/mol. The lowest BCUT2D eigenvalue weighted by molar-refractivity contribution is -0.149. The second-order valence-electron chi connectivity index (χ2n) is 7.34. The summed E-state index contributed by atoms with van der Waals surface area (Å²) in [4.78, 5) is 30.4. The molecule has 0 bridgehead atoms. The molecule has 2 fully saturated rings. The lowest BCUT2D eigenvalue weighted by Gasteiger charge is -2.32. The molecule has 28 heavy (non-hydrogen) atoms. The maximum atomic E-state index is 12.4. The molecule has 160 valence electrons. The van der Waals surface area contributed by atoms with E-state index in [1.807, 2.05) is 0 Å². The van der Waals surface area contributed by atoms with Gasteiger partial charge >= 0.3 is 6.18 Å². The van der Waals surface area contributed by atoms with Crippen LogP contribution >= 0.6 is 0 Å². The Morgan fingerprint density at radius 1 is 1.11 bits per heavy atom. The van der Waals surface area contributed by atoms with Crippen molar-refractivity contribution in [2.24, 2.45) is 10.9 Å². The van der Waals surface area contributed by atoms with E-state index in [2.05, 4.69) is 15.6 Å². The zero-order chi connectivity index (χ0) is 20.6. The van der Waals surface area contributed by atoms with Crippen LogP contribution in [-0.2, 0) is 9.59 Å². The summed E-state index contributed by atoms with van der Waals surface area (Å²) in [6.45, 7) is 1.55. The maximum Gasteiger partial charge on any atom is 0.401 e. The van der Waals surface area contributed by atoms with Gasteiger partial charge in [-0.05, 0) is 44.7 Å². The molecule has 2 aliphatic heterocycles. The number of alkyl halides is 3. The molecule has 0 aliphatic carbocycles. The summed E-state index contributed by atoms with van der Waals surface area (Å²) in [5.41, 5.74) is 0. The highest BCUT2D eigenvalue weighted by atomic mass is 19.4. The van der Waals surface area contributed by atoms with Crippen LogP contribution in [0.5, 0.6) is 0 Å². The molecule has 2 aliphatic rings. The van der Waals surface area contributed by atoms with Crippen LogP contribution in [0.15, 0.2) is 4.99 Å². The van der Waals surface area contributed by atoms with E-state index < -0.39 is 12.7 Å². The summed E-state index contributed by atoms with van der Waals surface area (Å²) >= 11 is 0. The number of amides is 2. The van der Waals surface area contributed by atoms with Gasteiger partial charge in [0, 0.05) is 39.5 Å². The van der Waals surface area contributed by atoms with Crippen LogP contribution in [0.4, 0.5) is 13.2 Å². The van der Waals surface area contributed by atoms with Crippen molar-refractivity contribution in [3.8, 4) is 0 Å². The minimum atomic E-state index is -4.13. The van der Waals surface area contributed by atoms with Gasteiger partial charge < -0.3 is 10.6 Å². The SMILES string of the molecule is CN=C(NCCC1CCN(CC(F)(F)F)CC1)NCCN1C(=O)CCCC1=O. The molecule has 0 saturated carbocycles. The molecule has 2 amide bonds. The third-order valence-electron chi connectivity index (χ3n) is 5.19. The minimum absolute atomic E-state index is 0.127. The van der Waals surface area contributed by atoms with Crippen molar-refractivity contribution >= 4 is 17.8 Å². The van der Waals surface area contributed by atoms with Crippen molar-refractivity contribution in [2.75, 3.05) is 46.3 Å². The average Bonchev–Trinajstić information content (AvgIpc) is 2.63. The van der Waals surface area contributed by atoms with E-state index in [9.17, 15) is 22.8 Å². The predicted octanol–water partition coefficient (Wildman–Crippen LogP) is 1.35. The molecule has 7 nitrogen and oxygen atoms in total. The van der Waals surface area contributed by atoms with Gasteiger partial charge in [-0.15, -0.1) is 0 Å². The highest BCUT2D eigenvalue weighted by Crippen LogP contribution is 2.23. The summed E-state index contributed by atoms with van der Waals surface area (Å²) in [7, 11) is 1.64. The van der Waals surface area contributed by atoms with E-state index >= 15 is 0 Å². The van der Waals surface area contributed by atoms with Gasteiger partial charge in [0.15, 0.2) is 5.96 Å². The Bertz CT molecular complexity index is 544. The molecular weight excluding hydrogens is 375 g/mol. The molecule has 0 spiro atoms. The lowest BCUT2D eigenvalue weighted by Crippen LogP contribution is -2.46. The highest BCUT2D eigenvalue weighted by molar-refractivity contribution is 5.97. The average molecular weight is 405 g/mol. The quantitative estimate of drug-likeness (QED) is 0.380. The fourth-order valence-electron chi connectivity index (χ4n) is 3.64. The summed E-state index contributed by atoms with van der Waals surface area (Å²) in [5.74, 6) is 0.737. The fourth-order valence-corrected chi connectivity index (χ4v) is 3.64. The summed E-state index contributed by atoms with van der Waals surface area (Å²) in [5, 5.41) is 6.27. The van der Waals surface area contributed by atoms with E-state index in [0.29, 0.717) is 63.9 Å². The molecule has 0 atom stereocenters. The van der Waals surface area contributed by atoms with E-state index in [1.165, 1.54) is 9.80 Å². The first-order valence-electron chi connectivity index (χ1n) is 9.85. The first kappa shape index (κ1) is 22.4. The van der Waals surface area contributed by atoms with Gasteiger partial charge in [-0.1, -0.05) is 0 Å². The number of carbonyl (C=O) groups excluding carboxylic acids is 2. The van der Waals surface area contributed by atoms with Crippen molar-refractivity contribution in [2.45, 2.75) is 44.7 Å². The smallest absolute Gasteiger partial charge is 0.356 e. The normalized spacial score (nSPS) is 20.6. The largest absolute Gasteiger partial charge is 0.401 e. The topological polar surface area (TPSA) is 77.0 Å². The molecule has 0 radical (unpaired) electrons. The third kappa shape index (κ3) is 7.65. The Labute approximate surface area is 163 Å². The molecular formula is C18H30F3N5O2. The molecule has 10 heteroatoms. The third-order valence-corrected chi connectivity index (χ3v) is 5.19. The van der Waals surface area contributed by atoms with E-state index in [0.717, 1.165) is 19.3 Å². The predicted molar refractivity (Wildman–Crippen MR) is 99.8 cm³/mol. The van der Waals surface area contributed by atoms with Crippen LogP contribution in [-0.4, -0.2) is 80.1 Å². The van der Waals surface area contributed by atoms with Crippen LogP contribution in [0.25, 0.3) is 0 Å². The van der Waals surface area contributed by atoms with Crippen molar-refractivity contribution in [3.05, 3.63) is 0 Å². The molecule has 0 aromatic heterocycles. The Hall–Kier alpha value is -1.84. The van der Waals surface area contributed by atoms with E-state index in [4.69, 9.17) is 0 Å². The van der Waals surface area contributed by atoms with Crippen molar-refractivity contribution in [1.82, 2.24) is 20.4 Å². The van der Waals surface area contributed by atoms with Gasteiger partial charge in [-0.3, -0.25) is 24.4 Å². The minimum Gasteiger partial charge on any atom is -0.356 e. The fraction of sp³-hybridized carbons (Fsp3) is 0.833. The molecule has 2 saturated heterocycles. The number of carbonyl (C=O) groups is 2. The number of hydrogen-bond donors (Lipinski definition) is 2. The number of halogens is 3. The number of imide groups is 1. The lowest BCUT2D eigenvalue weighted by atomic mass is 9.93. The summed E-state index contributed by atoms with van der Waals surface area (Å²) < 4.78 is 37.3. The Kier molecular flexibility index (Phi) is 8.53. The zero-order valence-corrected chi connectivity index (χ0v) is 16.4. The molecule has 0 aromatic rings. The number of rotatable bonds is 7. The molecule has 2 rings (SSSR count). The van der Waals surface area contributed by atoms with Gasteiger partial charge in [0.2, 0.25) is 11.8 Å². The van der Waals surface area contributed by atoms with E-state index in [-0.39, 0.29) is 11.8 Å². The van der Waals surface area contributed by atoms with E-state index in [1.54, 1.807) is 7.05 Å². The number of nitrogens with zero attached hydrogens (tertiary/aromatic N) is 3. The van der Waals surface area contributed by atoms with Gasteiger partial charge in [-0.2, -0.15) is 13.2 Å². The van der Waals surface area contributed by atoms with Gasteiger partial charge in [0.05, 0.1) is 6.54 Å². The number of piperidine rings is 2. The number of nitrogens with one attached hydrogen (secondary N) is 2. The first-order chi connectivity index (χ1) is 13.3. The summed E-state index contributed by atoms with van der Waals surface area (Å²) in [6.07, 6.45) is -0.271.